The summed E-state index contributed by atoms with van der Waals surface area (Å²) in [4.78, 5) is 24.3. The van der Waals surface area contributed by atoms with Gasteiger partial charge in [-0.2, -0.15) is 5.10 Å². The standard InChI is InChI=1S/C19H27N7O3/c1-10(2)21-19(28)29-12-5-4-11(6-12)15-8-17(24-23-15)22-18(27)14-7-13(14)16-9-20-25-26(16)3/h8-14H,4-7H2,1-3H3,(H,21,28)(H2,22,23,24,27)/t11-,12+,13?,14?/m0/s1. The Balaban J connectivity index is 1.28. The Morgan fingerprint density at radius 1 is 1.31 bits per heavy atom. The van der Waals surface area contributed by atoms with Gasteiger partial charge < -0.3 is 15.4 Å². The van der Waals surface area contributed by atoms with Gasteiger partial charge in [0.05, 0.1) is 11.9 Å². The third-order valence-electron chi connectivity index (χ3n) is 5.61. The maximum Gasteiger partial charge on any atom is 0.407 e. The number of aromatic amines is 1. The second-order valence-electron chi connectivity index (χ2n) is 8.27. The van der Waals surface area contributed by atoms with Crippen LogP contribution in [0.2, 0.25) is 0 Å². The highest BCUT2D eigenvalue weighted by Gasteiger charge is 2.46. The van der Waals surface area contributed by atoms with Crippen molar-refractivity contribution in [1.82, 2.24) is 30.5 Å². The molecule has 2 heterocycles. The van der Waals surface area contributed by atoms with Crippen molar-refractivity contribution in [1.29, 1.82) is 0 Å². The van der Waals surface area contributed by atoms with Gasteiger partial charge in [0.25, 0.3) is 0 Å². The van der Waals surface area contributed by atoms with E-state index in [2.05, 4.69) is 31.1 Å². The van der Waals surface area contributed by atoms with E-state index < -0.39 is 0 Å². The molecule has 2 aromatic rings. The molecule has 156 valence electrons. The van der Waals surface area contributed by atoms with E-state index in [1.54, 1.807) is 10.9 Å². The van der Waals surface area contributed by atoms with Crippen molar-refractivity contribution in [2.75, 3.05) is 5.32 Å². The number of ether oxygens (including phenoxy) is 1. The van der Waals surface area contributed by atoms with Gasteiger partial charge in [0.2, 0.25) is 5.91 Å². The van der Waals surface area contributed by atoms with Crippen molar-refractivity contribution in [2.24, 2.45) is 13.0 Å². The van der Waals surface area contributed by atoms with E-state index >= 15 is 0 Å². The Morgan fingerprint density at radius 2 is 2.14 bits per heavy atom. The number of H-pyrrole nitrogens is 1. The van der Waals surface area contributed by atoms with Crippen molar-refractivity contribution < 1.29 is 14.3 Å². The molecule has 2 fully saturated rings. The predicted octanol–water partition coefficient (Wildman–Crippen LogP) is 2.05. The molecule has 10 heteroatoms. The van der Waals surface area contributed by atoms with E-state index in [1.807, 2.05) is 27.0 Å². The average molecular weight is 401 g/mol. The number of anilines is 1. The first kappa shape index (κ1) is 19.4. The van der Waals surface area contributed by atoms with Gasteiger partial charge in [-0.3, -0.25) is 14.6 Å². The fourth-order valence-electron chi connectivity index (χ4n) is 4.02. The number of rotatable bonds is 6. The molecule has 2 aromatic heterocycles. The molecule has 2 amide bonds. The summed E-state index contributed by atoms with van der Waals surface area (Å²) in [6, 6.07) is 1.93. The van der Waals surface area contributed by atoms with Crippen LogP contribution in [-0.4, -0.2) is 49.3 Å². The number of amides is 2. The highest BCUT2D eigenvalue weighted by molar-refractivity contribution is 5.94. The number of hydrogen-bond donors (Lipinski definition) is 3. The molecule has 0 spiro atoms. The summed E-state index contributed by atoms with van der Waals surface area (Å²) < 4.78 is 7.19. The van der Waals surface area contributed by atoms with Gasteiger partial charge in [-0.25, -0.2) is 4.79 Å². The summed E-state index contributed by atoms with van der Waals surface area (Å²) in [5.74, 6) is 0.821. The summed E-state index contributed by atoms with van der Waals surface area (Å²) in [6.07, 6.45) is 4.52. The SMILES string of the molecule is CC(C)NC(=O)O[C@@H]1CC[C@H](c2cc(NC(=O)C3CC3c3cnnn3C)n[nH]2)C1. The van der Waals surface area contributed by atoms with E-state index in [9.17, 15) is 9.59 Å². The molecule has 0 radical (unpaired) electrons. The van der Waals surface area contributed by atoms with Crippen LogP contribution in [0.3, 0.4) is 0 Å². The van der Waals surface area contributed by atoms with Gasteiger partial charge in [0, 0.05) is 42.6 Å². The molecule has 3 N–H and O–H groups in total. The van der Waals surface area contributed by atoms with Crippen molar-refractivity contribution >= 4 is 17.8 Å². The Hall–Kier alpha value is -2.91. The third kappa shape index (κ3) is 4.41. The van der Waals surface area contributed by atoms with Gasteiger partial charge in [-0.05, 0) is 39.5 Å². The van der Waals surface area contributed by atoms with Crippen LogP contribution in [0.1, 0.15) is 62.8 Å². The molecular weight excluding hydrogens is 374 g/mol. The zero-order chi connectivity index (χ0) is 20.5. The molecule has 2 aliphatic rings. The maximum atomic E-state index is 12.5. The Morgan fingerprint density at radius 3 is 2.86 bits per heavy atom. The van der Waals surface area contributed by atoms with Gasteiger partial charge in [-0.1, -0.05) is 5.21 Å². The topological polar surface area (TPSA) is 127 Å². The fraction of sp³-hybridized carbons (Fsp3) is 0.632. The van der Waals surface area contributed by atoms with E-state index in [-0.39, 0.29) is 41.9 Å². The van der Waals surface area contributed by atoms with E-state index in [0.29, 0.717) is 5.82 Å². The number of aromatic nitrogens is 5. The van der Waals surface area contributed by atoms with Crippen molar-refractivity contribution in [2.45, 2.75) is 63.5 Å². The van der Waals surface area contributed by atoms with Crippen LogP contribution in [0.4, 0.5) is 10.6 Å². The number of carbonyl (C=O) groups is 2. The zero-order valence-electron chi connectivity index (χ0n) is 16.9. The Bertz CT molecular complexity index is 890. The molecule has 0 bridgehead atoms. The number of nitrogens with zero attached hydrogens (tertiary/aromatic N) is 4. The summed E-state index contributed by atoms with van der Waals surface area (Å²) in [7, 11) is 1.83. The van der Waals surface area contributed by atoms with E-state index in [0.717, 1.165) is 37.1 Å². The lowest BCUT2D eigenvalue weighted by molar-refractivity contribution is -0.117. The van der Waals surface area contributed by atoms with E-state index in [4.69, 9.17) is 4.74 Å². The largest absolute Gasteiger partial charge is 0.446 e. The van der Waals surface area contributed by atoms with Crippen LogP contribution in [0.25, 0.3) is 0 Å². The van der Waals surface area contributed by atoms with Crippen molar-refractivity contribution in [3.8, 4) is 0 Å². The molecular formula is C19H27N7O3. The summed E-state index contributed by atoms with van der Waals surface area (Å²) in [5, 5.41) is 20.7. The van der Waals surface area contributed by atoms with Crippen LogP contribution in [0.5, 0.6) is 0 Å². The monoisotopic (exact) mass is 401 g/mol. The summed E-state index contributed by atoms with van der Waals surface area (Å²) >= 11 is 0. The number of aryl methyl sites for hydroxylation is 1. The van der Waals surface area contributed by atoms with Crippen LogP contribution in [-0.2, 0) is 16.6 Å². The zero-order valence-corrected chi connectivity index (χ0v) is 16.9. The molecule has 10 nitrogen and oxygen atoms in total. The minimum atomic E-state index is -0.370. The summed E-state index contributed by atoms with van der Waals surface area (Å²) in [6.45, 7) is 3.80. The number of alkyl carbamates (subject to hydrolysis) is 1. The molecule has 0 saturated heterocycles. The van der Waals surface area contributed by atoms with Gasteiger partial charge >= 0.3 is 6.09 Å². The molecule has 2 aliphatic carbocycles. The second-order valence-corrected chi connectivity index (χ2v) is 8.27. The molecule has 2 unspecified atom stereocenters. The lowest BCUT2D eigenvalue weighted by atomic mass is 10.0. The molecule has 0 aliphatic heterocycles. The highest BCUT2D eigenvalue weighted by Crippen LogP contribution is 2.47. The first-order chi connectivity index (χ1) is 13.9. The van der Waals surface area contributed by atoms with Gasteiger partial charge in [-0.15, -0.1) is 5.10 Å². The quantitative estimate of drug-likeness (QED) is 0.680. The van der Waals surface area contributed by atoms with E-state index in [1.165, 1.54) is 0 Å². The molecule has 0 aromatic carbocycles. The van der Waals surface area contributed by atoms with Crippen LogP contribution < -0.4 is 10.6 Å². The number of nitrogens with one attached hydrogen (secondary N) is 3. The Kier molecular flexibility index (Phi) is 5.25. The lowest BCUT2D eigenvalue weighted by Crippen LogP contribution is -2.33. The minimum Gasteiger partial charge on any atom is -0.446 e. The normalized spacial score (nSPS) is 25.8. The highest BCUT2D eigenvalue weighted by atomic mass is 16.6. The first-order valence-electron chi connectivity index (χ1n) is 10.1. The first-order valence-corrected chi connectivity index (χ1v) is 10.1. The lowest BCUT2D eigenvalue weighted by Gasteiger charge is -2.14. The predicted molar refractivity (Wildman–Crippen MR) is 104 cm³/mol. The Labute approximate surface area is 168 Å². The average Bonchev–Trinajstić information content (AvgIpc) is 2.99. The number of carbonyl (C=O) groups excluding carboxylic acids is 2. The smallest absolute Gasteiger partial charge is 0.407 e. The maximum absolute atomic E-state index is 12.5. The number of hydrogen-bond acceptors (Lipinski definition) is 6. The van der Waals surface area contributed by atoms with Crippen LogP contribution >= 0.6 is 0 Å². The second kappa shape index (κ2) is 7.84. The summed E-state index contributed by atoms with van der Waals surface area (Å²) in [5.41, 5.74) is 1.94. The molecule has 4 atom stereocenters. The molecule has 4 rings (SSSR count). The third-order valence-corrected chi connectivity index (χ3v) is 5.61. The molecule has 29 heavy (non-hydrogen) atoms. The fourth-order valence-corrected chi connectivity index (χ4v) is 4.02. The van der Waals surface area contributed by atoms with Gasteiger partial charge in [0.15, 0.2) is 5.82 Å². The van der Waals surface area contributed by atoms with Crippen molar-refractivity contribution in [3.05, 3.63) is 23.7 Å². The van der Waals surface area contributed by atoms with Crippen LogP contribution in [0, 0.1) is 5.92 Å². The van der Waals surface area contributed by atoms with Gasteiger partial charge in [0.1, 0.15) is 6.10 Å². The minimum absolute atomic E-state index is 0.0350. The van der Waals surface area contributed by atoms with Crippen LogP contribution in [0.15, 0.2) is 12.3 Å². The molecule has 2 saturated carbocycles. The van der Waals surface area contributed by atoms with Crippen molar-refractivity contribution in [3.63, 3.8) is 0 Å².